The third-order valence-electron chi connectivity index (χ3n) is 5.47. The van der Waals surface area contributed by atoms with Gasteiger partial charge in [-0.2, -0.15) is 4.98 Å². The zero-order valence-corrected chi connectivity index (χ0v) is 22.2. The molecule has 0 radical (unpaired) electrons. The van der Waals surface area contributed by atoms with Crippen molar-refractivity contribution in [2.75, 3.05) is 36.8 Å². The van der Waals surface area contributed by atoms with E-state index in [-0.39, 0.29) is 11.9 Å². The Kier molecular flexibility index (Phi) is 10.9. The summed E-state index contributed by atoms with van der Waals surface area (Å²) in [5.74, 6) is -0.0376. The second kappa shape index (κ2) is 14.3. The van der Waals surface area contributed by atoms with Crippen LogP contribution < -0.4 is 33.0 Å². The van der Waals surface area contributed by atoms with Crippen LogP contribution in [0.4, 0.5) is 16.4 Å². The molecular formula is C25H31Cl2N9O2. The minimum Gasteiger partial charge on any atom is -0.370 e. The van der Waals surface area contributed by atoms with Crippen LogP contribution in [0.5, 0.6) is 0 Å². The number of guanidine groups is 1. The van der Waals surface area contributed by atoms with Crippen molar-refractivity contribution in [2.45, 2.75) is 19.4 Å². The van der Waals surface area contributed by atoms with Crippen molar-refractivity contribution >= 4 is 46.8 Å². The summed E-state index contributed by atoms with van der Waals surface area (Å²) in [5.41, 5.74) is 13.1. The molecule has 0 aliphatic heterocycles. The van der Waals surface area contributed by atoms with E-state index in [1.807, 2.05) is 24.3 Å². The van der Waals surface area contributed by atoms with Gasteiger partial charge in [-0.15, -0.1) is 0 Å². The second-order valence-corrected chi connectivity index (χ2v) is 9.39. The first-order valence-electron chi connectivity index (χ1n) is 12.0. The SMILES string of the molecule is N=C(N)NCCCN(CCCN)Cc1ccc(-c2c[nH]c(NC(=O)Nc3cc(Cl)cc(Cl)c3)nc2=O)cc1. The van der Waals surface area contributed by atoms with Gasteiger partial charge in [0, 0.05) is 41.6 Å². The Morgan fingerprint density at radius 1 is 1.05 bits per heavy atom. The number of benzene rings is 2. The summed E-state index contributed by atoms with van der Waals surface area (Å²) in [6, 6.07) is 11.7. The molecule has 202 valence electrons. The standard InChI is InChI=1S/C25H31Cl2N9O2/c26-18-11-19(27)13-20(12-18)33-25(38)35-24-32-14-21(22(37)34-24)17-5-3-16(4-6-17)15-36(9-1-7-28)10-2-8-31-23(29)30/h3-6,11-14H,1-2,7-10,15,28H2,(H4,29,30,31)(H3,32,33,34,35,37,38). The number of nitrogens with two attached hydrogens (primary N) is 2. The number of nitrogens with zero attached hydrogens (tertiary/aromatic N) is 2. The average Bonchev–Trinajstić information content (AvgIpc) is 2.85. The molecule has 13 heteroatoms. The van der Waals surface area contributed by atoms with Crippen LogP contribution in [0.25, 0.3) is 11.1 Å². The molecule has 0 unspecified atom stereocenters. The van der Waals surface area contributed by atoms with E-state index >= 15 is 0 Å². The second-order valence-electron chi connectivity index (χ2n) is 8.51. The molecule has 0 aliphatic carbocycles. The Morgan fingerprint density at radius 2 is 1.74 bits per heavy atom. The third-order valence-corrected chi connectivity index (χ3v) is 5.90. The van der Waals surface area contributed by atoms with Crippen LogP contribution in [-0.2, 0) is 6.54 Å². The van der Waals surface area contributed by atoms with Gasteiger partial charge in [0.15, 0.2) is 5.96 Å². The van der Waals surface area contributed by atoms with Gasteiger partial charge < -0.3 is 27.1 Å². The van der Waals surface area contributed by atoms with Gasteiger partial charge in [-0.1, -0.05) is 47.5 Å². The van der Waals surface area contributed by atoms with Crippen LogP contribution in [0.1, 0.15) is 18.4 Å². The monoisotopic (exact) mass is 559 g/mol. The fraction of sp³-hybridized carbons (Fsp3) is 0.280. The highest BCUT2D eigenvalue weighted by molar-refractivity contribution is 6.35. The number of rotatable bonds is 12. The van der Waals surface area contributed by atoms with E-state index in [1.165, 1.54) is 6.20 Å². The minimum atomic E-state index is -0.611. The van der Waals surface area contributed by atoms with Crippen molar-refractivity contribution in [3.8, 4) is 11.1 Å². The molecule has 11 nitrogen and oxygen atoms in total. The number of hydrogen-bond acceptors (Lipinski definition) is 6. The van der Waals surface area contributed by atoms with Gasteiger partial charge in [0.1, 0.15) is 0 Å². The lowest BCUT2D eigenvalue weighted by Crippen LogP contribution is -2.34. The largest absolute Gasteiger partial charge is 0.370 e. The number of nitrogens with one attached hydrogen (secondary N) is 5. The average molecular weight is 560 g/mol. The summed E-state index contributed by atoms with van der Waals surface area (Å²) in [4.78, 5) is 34.0. The van der Waals surface area contributed by atoms with Gasteiger partial charge in [0.05, 0.1) is 5.56 Å². The maximum absolute atomic E-state index is 12.7. The van der Waals surface area contributed by atoms with Crippen LogP contribution in [0.3, 0.4) is 0 Å². The van der Waals surface area contributed by atoms with Crippen molar-refractivity contribution < 1.29 is 4.79 Å². The van der Waals surface area contributed by atoms with Crippen molar-refractivity contribution in [2.24, 2.45) is 11.5 Å². The quantitative estimate of drug-likeness (QED) is 0.101. The van der Waals surface area contributed by atoms with Gasteiger partial charge in [0.25, 0.3) is 5.56 Å². The van der Waals surface area contributed by atoms with Gasteiger partial charge in [-0.3, -0.25) is 20.4 Å². The molecule has 2 amide bonds. The molecule has 2 aromatic carbocycles. The van der Waals surface area contributed by atoms with Crippen molar-refractivity contribution in [3.63, 3.8) is 0 Å². The maximum Gasteiger partial charge on any atom is 0.326 e. The lowest BCUT2D eigenvalue weighted by atomic mass is 10.1. The number of H-pyrrole nitrogens is 1. The summed E-state index contributed by atoms with van der Waals surface area (Å²) in [6.07, 6.45) is 3.23. The lowest BCUT2D eigenvalue weighted by Gasteiger charge is -2.22. The molecule has 0 atom stereocenters. The molecule has 1 aromatic heterocycles. The summed E-state index contributed by atoms with van der Waals surface area (Å²) < 4.78 is 0. The first kappa shape index (κ1) is 28.9. The van der Waals surface area contributed by atoms with Crippen molar-refractivity contribution in [1.29, 1.82) is 5.41 Å². The predicted octanol–water partition coefficient (Wildman–Crippen LogP) is 3.41. The molecule has 0 saturated heterocycles. The highest BCUT2D eigenvalue weighted by Crippen LogP contribution is 2.22. The molecule has 3 rings (SSSR count). The van der Waals surface area contributed by atoms with E-state index in [4.69, 9.17) is 40.1 Å². The van der Waals surface area contributed by atoms with Gasteiger partial charge in [-0.25, -0.2) is 4.79 Å². The van der Waals surface area contributed by atoms with E-state index < -0.39 is 11.6 Å². The summed E-state index contributed by atoms with van der Waals surface area (Å²) in [7, 11) is 0. The summed E-state index contributed by atoms with van der Waals surface area (Å²) in [6.45, 7) is 3.65. The van der Waals surface area contributed by atoms with Gasteiger partial charge >= 0.3 is 6.03 Å². The van der Waals surface area contributed by atoms with Crippen LogP contribution in [0.15, 0.2) is 53.5 Å². The number of urea groups is 1. The Bertz CT molecular complexity index is 1280. The number of aromatic nitrogens is 2. The first-order chi connectivity index (χ1) is 18.2. The number of carbonyl (C=O) groups is 1. The van der Waals surface area contributed by atoms with Crippen LogP contribution in [0, 0.1) is 5.41 Å². The Morgan fingerprint density at radius 3 is 2.37 bits per heavy atom. The van der Waals surface area contributed by atoms with Gasteiger partial charge in [-0.05, 0) is 55.3 Å². The van der Waals surface area contributed by atoms with E-state index in [0.717, 1.165) is 38.0 Å². The van der Waals surface area contributed by atoms with E-state index in [2.05, 4.69) is 30.8 Å². The summed E-state index contributed by atoms with van der Waals surface area (Å²) in [5, 5.41) is 15.9. The zero-order valence-electron chi connectivity index (χ0n) is 20.7. The molecule has 9 N–H and O–H groups in total. The molecule has 0 aliphatic rings. The highest BCUT2D eigenvalue weighted by Gasteiger charge is 2.11. The topological polar surface area (TPSA) is 178 Å². The molecule has 3 aromatic rings. The maximum atomic E-state index is 12.7. The van der Waals surface area contributed by atoms with E-state index in [0.29, 0.717) is 39.9 Å². The van der Waals surface area contributed by atoms with E-state index in [1.54, 1.807) is 18.2 Å². The first-order valence-corrected chi connectivity index (χ1v) is 12.7. The molecule has 1 heterocycles. The highest BCUT2D eigenvalue weighted by atomic mass is 35.5. The Labute approximate surface area is 230 Å². The number of anilines is 2. The zero-order chi connectivity index (χ0) is 27.5. The fourth-order valence-electron chi connectivity index (χ4n) is 3.72. The van der Waals surface area contributed by atoms with Crippen LogP contribution in [0.2, 0.25) is 10.0 Å². The number of halogens is 2. The number of carbonyl (C=O) groups excluding carboxylic acids is 1. The van der Waals surface area contributed by atoms with Gasteiger partial charge in [0.2, 0.25) is 5.95 Å². The van der Waals surface area contributed by atoms with Crippen molar-refractivity contribution in [1.82, 2.24) is 20.2 Å². The fourth-order valence-corrected chi connectivity index (χ4v) is 4.25. The summed E-state index contributed by atoms with van der Waals surface area (Å²) >= 11 is 11.9. The number of aromatic amines is 1. The molecule has 0 fully saturated rings. The minimum absolute atomic E-state index is 0.00389. The molecule has 0 saturated carbocycles. The van der Waals surface area contributed by atoms with E-state index in [9.17, 15) is 9.59 Å². The number of amides is 2. The van der Waals surface area contributed by atoms with Crippen LogP contribution >= 0.6 is 23.2 Å². The van der Waals surface area contributed by atoms with Crippen LogP contribution in [-0.4, -0.2) is 53.0 Å². The lowest BCUT2D eigenvalue weighted by molar-refractivity contribution is 0.260. The Hall–Kier alpha value is -3.64. The van der Waals surface area contributed by atoms with Crippen molar-refractivity contribution in [3.05, 3.63) is 74.6 Å². The molecule has 0 spiro atoms. The Balaban J connectivity index is 1.61. The number of hydrogen-bond donors (Lipinski definition) is 7. The molecular weight excluding hydrogens is 529 g/mol. The normalized spacial score (nSPS) is 10.8. The smallest absolute Gasteiger partial charge is 0.326 e. The third kappa shape index (κ3) is 9.34. The predicted molar refractivity (Wildman–Crippen MR) is 153 cm³/mol. The molecule has 0 bridgehead atoms. The molecule has 38 heavy (non-hydrogen) atoms.